The lowest BCUT2D eigenvalue weighted by Gasteiger charge is -2.27. The molecule has 1 unspecified atom stereocenters. The van der Waals surface area contributed by atoms with Gasteiger partial charge in [-0.15, -0.1) is 11.8 Å². The van der Waals surface area contributed by atoms with Gasteiger partial charge >= 0.3 is 5.97 Å². The van der Waals surface area contributed by atoms with E-state index in [1.165, 1.54) is 12.1 Å². The minimum atomic E-state index is -1.24. The first-order valence-electron chi connectivity index (χ1n) is 6.50. The number of hydrogen-bond donors (Lipinski definition) is 1. The van der Waals surface area contributed by atoms with Gasteiger partial charge in [-0.25, -0.2) is 9.18 Å². The van der Waals surface area contributed by atoms with Gasteiger partial charge in [0.05, 0.1) is 16.8 Å². The van der Waals surface area contributed by atoms with Gasteiger partial charge in [-0.2, -0.15) is 0 Å². The Morgan fingerprint density at radius 2 is 2.05 bits per heavy atom. The van der Waals surface area contributed by atoms with Crippen molar-refractivity contribution in [3.05, 3.63) is 29.6 Å². The van der Waals surface area contributed by atoms with E-state index in [1.807, 2.05) is 27.7 Å². The highest BCUT2D eigenvalue weighted by molar-refractivity contribution is 8.00. The number of hydrogen-bond acceptors (Lipinski definition) is 3. The van der Waals surface area contributed by atoms with Crippen LogP contribution in [0.15, 0.2) is 23.1 Å². The van der Waals surface area contributed by atoms with E-state index in [1.54, 1.807) is 17.8 Å². The molecule has 0 saturated carbocycles. The van der Waals surface area contributed by atoms with E-state index in [4.69, 9.17) is 9.84 Å². The van der Waals surface area contributed by atoms with E-state index < -0.39 is 11.8 Å². The summed E-state index contributed by atoms with van der Waals surface area (Å²) in [4.78, 5) is 11.7. The van der Waals surface area contributed by atoms with Crippen LogP contribution in [-0.4, -0.2) is 27.5 Å². The topological polar surface area (TPSA) is 46.5 Å². The smallest absolute Gasteiger partial charge is 0.338 e. The first-order chi connectivity index (χ1) is 9.11. The average molecular weight is 298 g/mol. The zero-order chi connectivity index (χ0) is 15.1. The van der Waals surface area contributed by atoms with E-state index in [0.717, 1.165) is 11.3 Å². The average Bonchev–Trinajstić information content (AvgIpc) is 2.49. The standard InChI is InChI=1S/C15H19FO3S/c1-14(2)8-12(15(3,4)19-14)20-9-5-6-11(16)10(7-9)13(17)18/h5-7,12H,8H2,1-4H3,(H,17,18). The van der Waals surface area contributed by atoms with Crippen LogP contribution in [0.1, 0.15) is 44.5 Å². The Labute approximate surface area is 122 Å². The summed E-state index contributed by atoms with van der Waals surface area (Å²) in [6, 6.07) is 4.22. The molecule has 3 nitrogen and oxygen atoms in total. The predicted octanol–water partition coefficient (Wildman–Crippen LogP) is 3.96. The number of carboxylic acid groups (broad SMARTS) is 1. The van der Waals surface area contributed by atoms with Gasteiger partial charge in [0.2, 0.25) is 0 Å². The van der Waals surface area contributed by atoms with E-state index in [-0.39, 0.29) is 22.0 Å². The number of halogens is 1. The number of thioether (sulfide) groups is 1. The van der Waals surface area contributed by atoms with Crippen molar-refractivity contribution in [1.29, 1.82) is 0 Å². The molecule has 1 saturated heterocycles. The number of aromatic carboxylic acids is 1. The first kappa shape index (κ1) is 15.3. The van der Waals surface area contributed by atoms with Crippen LogP contribution in [-0.2, 0) is 4.74 Å². The number of ether oxygens (including phenoxy) is 1. The van der Waals surface area contributed by atoms with Crippen LogP contribution in [0.3, 0.4) is 0 Å². The van der Waals surface area contributed by atoms with Crippen molar-refractivity contribution in [2.24, 2.45) is 0 Å². The number of carbonyl (C=O) groups is 1. The quantitative estimate of drug-likeness (QED) is 0.917. The van der Waals surface area contributed by atoms with E-state index in [0.29, 0.717) is 0 Å². The van der Waals surface area contributed by atoms with Crippen LogP contribution in [0.5, 0.6) is 0 Å². The Morgan fingerprint density at radius 1 is 1.40 bits per heavy atom. The number of carboxylic acids is 1. The summed E-state index contributed by atoms with van der Waals surface area (Å²) in [7, 11) is 0. The van der Waals surface area contributed by atoms with Crippen LogP contribution < -0.4 is 0 Å². The third kappa shape index (κ3) is 3.15. The Bertz CT molecular complexity index is 540. The first-order valence-corrected chi connectivity index (χ1v) is 7.38. The monoisotopic (exact) mass is 298 g/mol. The van der Waals surface area contributed by atoms with Gasteiger partial charge < -0.3 is 9.84 Å². The van der Waals surface area contributed by atoms with Crippen LogP contribution in [0.2, 0.25) is 0 Å². The summed E-state index contributed by atoms with van der Waals surface area (Å²) >= 11 is 1.55. The molecule has 0 aromatic heterocycles. The van der Waals surface area contributed by atoms with Gasteiger partial charge in [0, 0.05) is 10.1 Å². The lowest BCUT2D eigenvalue weighted by molar-refractivity contribution is -0.0631. The molecule has 20 heavy (non-hydrogen) atoms. The third-order valence-electron chi connectivity index (χ3n) is 3.44. The summed E-state index contributed by atoms with van der Waals surface area (Å²) in [6.07, 6.45) is 0.866. The fourth-order valence-electron chi connectivity index (χ4n) is 2.60. The Kier molecular flexibility index (Phi) is 3.86. The molecule has 1 heterocycles. The summed E-state index contributed by atoms with van der Waals surface area (Å²) in [5, 5.41) is 9.16. The molecule has 1 aromatic carbocycles. The van der Waals surface area contributed by atoms with Gasteiger partial charge in [-0.1, -0.05) is 0 Å². The van der Waals surface area contributed by atoms with Crippen LogP contribution >= 0.6 is 11.8 Å². The molecule has 1 aliphatic heterocycles. The molecule has 0 spiro atoms. The Morgan fingerprint density at radius 3 is 2.55 bits per heavy atom. The molecule has 1 aromatic rings. The molecule has 110 valence electrons. The van der Waals surface area contributed by atoms with Gasteiger partial charge in [-0.3, -0.25) is 0 Å². The second-order valence-electron chi connectivity index (χ2n) is 6.22. The molecule has 0 aliphatic carbocycles. The van der Waals surface area contributed by atoms with Crippen LogP contribution in [0.4, 0.5) is 4.39 Å². The number of rotatable bonds is 3. The van der Waals surface area contributed by atoms with Gasteiger partial charge in [0.25, 0.3) is 0 Å². The summed E-state index contributed by atoms with van der Waals surface area (Å²) in [5.41, 5.74) is -0.783. The molecule has 0 radical (unpaired) electrons. The summed E-state index contributed by atoms with van der Waals surface area (Å²) < 4.78 is 19.4. The van der Waals surface area contributed by atoms with Crippen LogP contribution in [0.25, 0.3) is 0 Å². The van der Waals surface area contributed by atoms with E-state index in [2.05, 4.69) is 0 Å². The van der Waals surface area contributed by atoms with Crippen molar-refractivity contribution < 1.29 is 19.0 Å². The maximum Gasteiger partial charge on any atom is 0.338 e. The Hall–Kier alpha value is -1.07. The fourth-order valence-corrected chi connectivity index (χ4v) is 4.08. The minimum absolute atomic E-state index is 0.198. The molecule has 0 bridgehead atoms. The highest BCUT2D eigenvalue weighted by Gasteiger charge is 2.46. The van der Waals surface area contributed by atoms with Gasteiger partial charge in [-0.05, 0) is 52.3 Å². The lowest BCUT2D eigenvalue weighted by Crippen LogP contribution is -2.30. The summed E-state index contributed by atoms with van der Waals surface area (Å²) in [6.45, 7) is 8.15. The van der Waals surface area contributed by atoms with Crippen molar-refractivity contribution in [1.82, 2.24) is 0 Å². The highest BCUT2D eigenvalue weighted by Crippen LogP contribution is 2.46. The molecule has 2 rings (SSSR count). The molecule has 1 aliphatic rings. The molecule has 1 N–H and O–H groups in total. The summed E-state index contributed by atoms with van der Waals surface area (Å²) in [5.74, 6) is -1.95. The molecular weight excluding hydrogens is 279 g/mol. The van der Waals surface area contributed by atoms with E-state index >= 15 is 0 Å². The van der Waals surface area contributed by atoms with Crippen molar-refractivity contribution in [3.8, 4) is 0 Å². The molecular formula is C15H19FO3S. The SMILES string of the molecule is CC1(C)CC(Sc2ccc(F)c(C(=O)O)c2)C(C)(C)O1. The molecule has 1 atom stereocenters. The predicted molar refractivity (Wildman–Crippen MR) is 76.9 cm³/mol. The third-order valence-corrected chi connectivity index (χ3v) is 4.98. The second kappa shape index (κ2) is 5.04. The molecule has 1 fully saturated rings. The van der Waals surface area contributed by atoms with E-state index in [9.17, 15) is 9.18 Å². The largest absolute Gasteiger partial charge is 0.478 e. The van der Waals surface area contributed by atoms with Crippen molar-refractivity contribution in [2.45, 2.75) is 55.5 Å². The zero-order valence-electron chi connectivity index (χ0n) is 12.1. The lowest BCUT2D eigenvalue weighted by atomic mass is 10.0. The highest BCUT2D eigenvalue weighted by atomic mass is 32.2. The second-order valence-corrected chi connectivity index (χ2v) is 7.50. The van der Waals surface area contributed by atoms with Crippen LogP contribution in [0, 0.1) is 5.82 Å². The van der Waals surface area contributed by atoms with Crippen molar-refractivity contribution >= 4 is 17.7 Å². The van der Waals surface area contributed by atoms with Gasteiger partial charge in [0.1, 0.15) is 5.82 Å². The molecule has 0 amide bonds. The van der Waals surface area contributed by atoms with Gasteiger partial charge in [0.15, 0.2) is 0 Å². The molecule has 5 heteroatoms. The number of benzene rings is 1. The normalized spacial score (nSPS) is 23.8. The fraction of sp³-hybridized carbons (Fsp3) is 0.533. The Balaban J connectivity index is 2.23. The van der Waals surface area contributed by atoms with Crippen molar-refractivity contribution in [3.63, 3.8) is 0 Å². The van der Waals surface area contributed by atoms with Crippen molar-refractivity contribution in [2.75, 3.05) is 0 Å². The zero-order valence-corrected chi connectivity index (χ0v) is 12.9. The maximum atomic E-state index is 13.4. The minimum Gasteiger partial charge on any atom is -0.478 e. The maximum absolute atomic E-state index is 13.4.